The van der Waals surface area contributed by atoms with Crippen LogP contribution in [0.4, 0.5) is 0 Å². The van der Waals surface area contributed by atoms with E-state index in [4.69, 9.17) is 0 Å². The highest BCUT2D eigenvalue weighted by Gasteiger charge is 2.26. The van der Waals surface area contributed by atoms with E-state index in [0.29, 0.717) is 30.4 Å². The van der Waals surface area contributed by atoms with E-state index in [0.717, 1.165) is 37.5 Å². The van der Waals surface area contributed by atoms with E-state index >= 15 is 0 Å². The molecule has 3 rings (SSSR count). The summed E-state index contributed by atoms with van der Waals surface area (Å²) < 4.78 is 26.8. The molecule has 0 spiro atoms. The number of halogens is 1. The van der Waals surface area contributed by atoms with Crippen LogP contribution in [0.1, 0.15) is 43.7 Å². The van der Waals surface area contributed by atoms with Gasteiger partial charge in [-0.2, -0.15) is 15.6 Å². The van der Waals surface area contributed by atoms with E-state index in [1.807, 2.05) is 19.1 Å². The number of thiophene rings is 1. The van der Waals surface area contributed by atoms with Crippen molar-refractivity contribution in [3.63, 3.8) is 0 Å². The van der Waals surface area contributed by atoms with E-state index in [1.165, 1.54) is 5.56 Å². The quantitative estimate of drug-likeness (QED) is 0.290. The van der Waals surface area contributed by atoms with Gasteiger partial charge in [0, 0.05) is 26.2 Å². The Bertz CT molecular complexity index is 894. The van der Waals surface area contributed by atoms with Gasteiger partial charge in [-0.15, -0.1) is 24.0 Å². The van der Waals surface area contributed by atoms with Gasteiger partial charge in [-0.3, -0.25) is 0 Å². The van der Waals surface area contributed by atoms with Crippen molar-refractivity contribution >= 4 is 51.3 Å². The number of rotatable bonds is 8. The molecule has 1 aromatic heterocycles. The maximum atomic E-state index is 12.6. The minimum Gasteiger partial charge on any atom is -0.357 e. The smallest absolute Gasteiger partial charge is 0.243 e. The molecule has 1 fully saturated rings. The average Bonchev–Trinajstić information content (AvgIpc) is 3.44. The first-order valence-corrected chi connectivity index (χ1v) is 12.5. The molecule has 1 aromatic carbocycles. The van der Waals surface area contributed by atoms with Crippen LogP contribution in [-0.4, -0.2) is 44.9 Å². The van der Waals surface area contributed by atoms with E-state index in [-0.39, 0.29) is 24.0 Å². The van der Waals surface area contributed by atoms with Crippen molar-refractivity contribution in [2.75, 3.05) is 26.2 Å². The van der Waals surface area contributed by atoms with Gasteiger partial charge in [-0.25, -0.2) is 13.4 Å². The number of aliphatic imine (C=N–C) groups is 1. The summed E-state index contributed by atoms with van der Waals surface area (Å²) in [5.41, 5.74) is 2.31. The van der Waals surface area contributed by atoms with Crippen LogP contribution >= 0.6 is 35.3 Å². The highest BCUT2D eigenvalue weighted by Crippen LogP contribution is 2.21. The van der Waals surface area contributed by atoms with Crippen molar-refractivity contribution < 1.29 is 8.42 Å². The predicted octanol–water partition coefficient (Wildman–Crippen LogP) is 4.01. The zero-order chi connectivity index (χ0) is 20.7. The summed E-state index contributed by atoms with van der Waals surface area (Å²) >= 11 is 1.71. The van der Waals surface area contributed by atoms with Gasteiger partial charge in [-0.1, -0.05) is 19.1 Å². The first-order valence-electron chi connectivity index (χ1n) is 10.1. The molecule has 1 saturated heterocycles. The lowest BCUT2D eigenvalue weighted by molar-refractivity contribution is 0.477. The largest absolute Gasteiger partial charge is 0.357 e. The summed E-state index contributed by atoms with van der Waals surface area (Å²) in [5, 5.41) is 10.9. The SMILES string of the molecule is CCNC(=NCc1ccc(S(=O)(=O)N2CCCC2)cc1)NCC(C)c1ccsc1.I. The molecule has 2 aromatic rings. The topological polar surface area (TPSA) is 73.8 Å². The Morgan fingerprint density at radius 3 is 2.47 bits per heavy atom. The van der Waals surface area contributed by atoms with Crippen LogP contribution in [0.2, 0.25) is 0 Å². The molecule has 2 heterocycles. The van der Waals surface area contributed by atoms with Crippen LogP contribution < -0.4 is 10.6 Å². The second kappa shape index (κ2) is 12.0. The lowest BCUT2D eigenvalue weighted by Gasteiger charge is -2.16. The van der Waals surface area contributed by atoms with Gasteiger partial charge in [-0.05, 0) is 65.8 Å². The van der Waals surface area contributed by atoms with Gasteiger partial charge in [0.25, 0.3) is 0 Å². The molecule has 6 nitrogen and oxygen atoms in total. The Labute approximate surface area is 201 Å². The number of nitrogens with one attached hydrogen (secondary N) is 2. The van der Waals surface area contributed by atoms with E-state index in [1.54, 1.807) is 27.8 Å². The molecule has 1 unspecified atom stereocenters. The maximum absolute atomic E-state index is 12.6. The van der Waals surface area contributed by atoms with Gasteiger partial charge in [0.05, 0.1) is 11.4 Å². The molecule has 0 bridgehead atoms. The molecule has 0 radical (unpaired) electrons. The molecule has 0 aliphatic carbocycles. The van der Waals surface area contributed by atoms with Gasteiger partial charge < -0.3 is 10.6 Å². The fourth-order valence-corrected chi connectivity index (χ4v) is 5.58. The Balaban J connectivity index is 0.00000320. The summed E-state index contributed by atoms with van der Waals surface area (Å²) in [6.45, 7) is 7.55. The van der Waals surface area contributed by atoms with Crippen molar-refractivity contribution in [1.29, 1.82) is 0 Å². The summed E-state index contributed by atoms with van der Waals surface area (Å²) in [7, 11) is -3.36. The molecule has 2 N–H and O–H groups in total. The van der Waals surface area contributed by atoms with Crippen molar-refractivity contribution in [3.8, 4) is 0 Å². The van der Waals surface area contributed by atoms with Crippen molar-refractivity contribution in [1.82, 2.24) is 14.9 Å². The number of sulfonamides is 1. The molecule has 166 valence electrons. The number of hydrogen-bond acceptors (Lipinski definition) is 4. The number of benzene rings is 1. The number of nitrogens with zero attached hydrogens (tertiary/aromatic N) is 2. The summed E-state index contributed by atoms with van der Waals surface area (Å²) in [6, 6.07) is 9.24. The lowest BCUT2D eigenvalue weighted by atomic mass is 10.1. The molecular weight excluding hydrogens is 531 g/mol. The molecule has 1 aliphatic heterocycles. The molecule has 9 heteroatoms. The third-order valence-corrected chi connectivity index (χ3v) is 7.69. The van der Waals surface area contributed by atoms with Gasteiger partial charge in [0.1, 0.15) is 0 Å². The molecule has 0 saturated carbocycles. The maximum Gasteiger partial charge on any atom is 0.243 e. The Hall–Kier alpha value is -1.17. The van der Waals surface area contributed by atoms with Gasteiger partial charge >= 0.3 is 0 Å². The minimum absolute atomic E-state index is 0. The Morgan fingerprint density at radius 2 is 1.87 bits per heavy atom. The lowest BCUT2D eigenvalue weighted by Crippen LogP contribution is -2.39. The zero-order valence-corrected chi connectivity index (χ0v) is 21.5. The van der Waals surface area contributed by atoms with Crippen LogP contribution in [0.25, 0.3) is 0 Å². The van der Waals surface area contributed by atoms with E-state index in [9.17, 15) is 8.42 Å². The fraction of sp³-hybridized carbons (Fsp3) is 0.476. The van der Waals surface area contributed by atoms with E-state index < -0.39 is 10.0 Å². The van der Waals surface area contributed by atoms with Crippen molar-refractivity contribution in [2.24, 2.45) is 4.99 Å². The highest BCUT2D eigenvalue weighted by atomic mass is 127. The highest BCUT2D eigenvalue weighted by molar-refractivity contribution is 14.0. The van der Waals surface area contributed by atoms with Crippen molar-refractivity contribution in [3.05, 3.63) is 52.2 Å². The van der Waals surface area contributed by atoms with Crippen molar-refractivity contribution in [2.45, 2.75) is 44.0 Å². The Morgan fingerprint density at radius 1 is 1.17 bits per heavy atom. The number of guanidine groups is 1. The monoisotopic (exact) mass is 562 g/mol. The first kappa shape index (κ1) is 25.1. The third kappa shape index (κ3) is 6.66. The molecule has 30 heavy (non-hydrogen) atoms. The normalized spacial score (nSPS) is 16.1. The summed E-state index contributed by atoms with van der Waals surface area (Å²) in [4.78, 5) is 5.01. The van der Waals surface area contributed by atoms with Crippen LogP contribution in [0.15, 0.2) is 51.0 Å². The molecule has 1 atom stereocenters. The third-order valence-electron chi connectivity index (χ3n) is 5.08. The standard InChI is InChI=1S/C21H30N4O2S2.HI/c1-3-22-21(23-14-17(2)19-10-13-28-16-19)24-15-18-6-8-20(9-7-18)29(26,27)25-11-4-5-12-25;/h6-10,13,16-17H,3-5,11-12,14-15H2,1-2H3,(H2,22,23,24);1H. The summed E-state index contributed by atoms with van der Waals surface area (Å²) in [6.07, 6.45) is 1.88. The van der Waals surface area contributed by atoms with Gasteiger partial charge in [0.2, 0.25) is 10.0 Å². The second-order valence-corrected chi connectivity index (χ2v) is 10.0. The average molecular weight is 563 g/mol. The summed E-state index contributed by atoms with van der Waals surface area (Å²) in [5.74, 6) is 1.17. The molecule has 0 amide bonds. The van der Waals surface area contributed by atoms with Crippen LogP contribution in [-0.2, 0) is 16.6 Å². The first-order chi connectivity index (χ1) is 14.0. The fourth-order valence-electron chi connectivity index (χ4n) is 3.28. The van der Waals surface area contributed by atoms with Gasteiger partial charge in [0.15, 0.2) is 5.96 Å². The Kier molecular flexibility index (Phi) is 10.1. The van der Waals surface area contributed by atoms with Crippen LogP contribution in [0.5, 0.6) is 0 Å². The second-order valence-electron chi connectivity index (χ2n) is 7.29. The number of hydrogen-bond donors (Lipinski definition) is 2. The molecule has 1 aliphatic rings. The predicted molar refractivity (Wildman–Crippen MR) is 135 cm³/mol. The minimum atomic E-state index is -3.36. The van der Waals surface area contributed by atoms with E-state index in [2.05, 4.69) is 39.4 Å². The zero-order valence-electron chi connectivity index (χ0n) is 17.5. The van der Waals surface area contributed by atoms with Crippen LogP contribution in [0, 0.1) is 0 Å². The molecular formula is C21H31IN4O2S2. The van der Waals surface area contributed by atoms with Crippen LogP contribution in [0.3, 0.4) is 0 Å².